The fourth-order valence-electron chi connectivity index (χ4n) is 5.68. The maximum absolute atomic E-state index is 12.8. The lowest BCUT2D eigenvalue weighted by Gasteiger charge is -2.42. The monoisotopic (exact) mass is 454 g/mol. The Morgan fingerprint density at radius 2 is 1.85 bits per heavy atom. The molecule has 1 atom stereocenters. The van der Waals surface area contributed by atoms with Crippen LogP contribution in [-0.4, -0.2) is 71.7 Å². The van der Waals surface area contributed by atoms with E-state index < -0.39 is 7.12 Å². The lowest BCUT2D eigenvalue weighted by molar-refractivity contribution is -0.120. The number of ketones is 2. The lowest BCUT2D eigenvalue weighted by atomic mass is 9.64. The highest BCUT2D eigenvalue weighted by atomic mass is 16.5. The number of benzene rings is 1. The SMILES string of the molecule is CC(=O)c1cccc2c1OB(O)[C@@H](CC(=O)CC1CCC(N3CCN(C(=N)N)CC3)CC1)C2. The summed E-state index contributed by atoms with van der Waals surface area (Å²) in [6.07, 6.45) is 5.73. The number of para-hydroxylation sites is 1. The second kappa shape index (κ2) is 10.3. The second-order valence-electron chi connectivity index (χ2n) is 9.85. The summed E-state index contributed by atoms with van der Waals surface area (Å²) in [5.74, 6) is 0.848. The van der Waals surface area contributed by atoms with Gasteiger partial charge in [0.25, 0.3) is 0 Å². The molecule has 1 saturated heterocycles. The minimum absolute atomic E-state index is 0.0927. The van der Waals surface area contributed by atoms with Crippen LogP contribution in [0.1, 0.15) is 61.4 Å². The van der Waals surface area contributed by atoms with E-state index in [-0.39, 0.29) is 23.3 Å². The van der Waals surface area contributed by atoms with Crippen LogP contribution in [0.5, 0.6) is 5.75 Å². The molecule has 1 saturated carbocycles. The highest BCUT2D eigenvalue weighted by Crippen LogP contribution is 2.37. The van der Waals surface area contributed by atoms with E-state index in [1.807, 2.05) is 17.0 Å². The number of hydrogen-bond donors (Lipinski definition) is 3. The van der Waals surface area contributed by atoms with E-state index in [9.17, 15) is 14.6 Å². The smallest absolute Gasteiger partial charge is 0.526 e. The van der Waals surface area contributed by atoms with Crippen molar-refractivity contribution in [2.45, 2.75) is 63.7 Å². The first kappa shape index (κ1) is 23.8. The Morgan fingerprint density at radius 3 is 2.48 bits per heavy atom. The van der Waals surface area contributed by atoms with Gasteiger partial charge in [0, 0.05) is 50.9 Å². The molecule has 0 spiro atoms. The van der Waals surface area contributed by atoms with Gasteiger partial charge in [-0.15, -0.1) is 0 Å². The molecule has 0 amide bonds. The maximum Gasteiger partial charge on any atom is 0.526 e. The van der Waals surface area contributed by atoms with Crippen molar-refractivity contribution in [1.82, 2.24) is 9.80 Å². The van der Waals surface area contributed by atoms with Gasteiger partial charge in [-0.3, -0.25) is 19.9 Å². The Morgan fingerprint density at radius 1 is 1.15 bits per heavy atom. The largest absolute Gasteiger partial charge is 0.535 e. The molecule has 1 aromatic carbocycles. The fraction of sp³-hybridized carbons (Fsp3) is 0.625. The molecule has 0 unspecified atom stereocenters. The fourth-order valence-corrected chi connectivity index (χ4v) is 5.68. The van der Waals surface area contributed by atoms with Gasteiger partial charge in [0.05, 0.1) is 5.56 Å². The van der Waals surface area contributed by atoms with E-state index in [0.717, 1.165) is 57.4 Å². The first-order valence-electron chi connectivity index (χ1n) is 12.1. The first-order chi connectivity index (χ1) is 15.8. The lowest BCUT2D eigenvalue weighted by Crippen LogP contribution is -2.54. The Hall–Kier alpha value is -2.39. The van der Waals surface area contributed by atoms with Gasteiger partial charge in [-0.05, 0) is 56.6 Å². The molecule has 0 aromatic heterocycles. The summed E-state index contributed by atoms with van der Waals surface area (Å²) in [6, 6.07) is 6.00. The van der Waals surface area contributed by atoms with Crippen molar-refractivity contribution in [2.24, 2.45) is 11.7 Å². The number of carbonyl (C=O) groups excluding carboxylic acids is 2. The summed E-state index contributed by atoms with van der Waals surface area (Å²) < 4.78 is 5.68. The molecule has 1 aromatic rings. The molecule has 2 aliphatic heterocycles. The molecule has 178 valence electrons. The van der Waals surface area contributed by atoms with Gasteiger partial charge in [-0.1, -0.05) is 12.1 Å². The molecule has 9 heteroatoms. The molecule has 2 fully saturated rings. The van der Waals surface area contributed by atoms with Crippen LogP contribution in [0.25, 0.3) is 0 Å². The average Bonchev–Trinajstić information content (AvgIpc) is 2.79. The van der Waals surface area contributed by atoms with Crippen molar-refractivity contribution < 1.29 is 19.3 Å². The Balaban J connectivity index is 1.24. The summed E-state index contributed by atoms with van der Waals surface area (Å²) in [7, 11) is -1.06. The van der Waals surface area contributed by atoms with Crippen LogP contribution < -0.4 is 10.4 Å². The van der Waals surface area contributed by atoms with Crippen molar-refractivity contribution in [3.63, 3.8) is 0 Å². The van der Waals surface area contributed by atoms with Gasteiger partial charge in [0.1, 0.15) is 11.5 Å². The van der Waals surface area contributed by atoms with E-state index in [1.165, 1.54) is 6.92 Å². The Kier molecular flexibility index (Phi) is 7.39. The number of nitrogens with two attached hydrogens (primary N) is 1. The van der Waals surface area contributed by atoms with Crippen molar-refractivity contribution >= 4 is 24.6 Å². The van der Waals surface area contributed by atoms with Crippen molar-refractivity contribution in [1.29, 1.82) is 5.41 Å². The number of carbonyl (C=O) groups is 2. The van der Waals surface area contributed by atoms with Crippen LogP contribution in [0.4, 0.5) is 0 Å². The number of nitrogens with one attached hydrogen (secondary N) is 1. The number of fused-ring (bicyclic) bond motifs is 1. The number of piperazine rings is 1. The normalized spacial score (nSPS) is 25.8. The molecule has 0 bridgehead atoms. The maximum atomic E-state index is 12.8. The molecule has 33 heavy (non-hydrogen) atoms. The number of Topliss-reactive ketones (excluding diaryl/α,β-unsaturated/α-hetero) is 2. The van der Waals surface area contributed by atoms with Crippen LogP contribution in [-0.2, 0) is 11.2 Å². The summed E-state index contributed by atoms with van der Waals surface area (Å²) in [6.45, 7) is 5.01. The third kappa shape index (κ3) is 5.58. The zero-order valence-corrected chi connectivity index (χ0v) is 19.5. The number of guanidine groups is 1. The molecule has 4 N–H and O–H groups in total. The summed E-state index contributed by atoms with van der Waals surface area (Å²) in [5.41, 5.74) is 6.96. The zero-order chi connectivity index (χ0) is 23.5. The average molecular weight is 454 g/mol. The van der Waals surface area contributed by atoms with Gasteiger partial charge < -0.3 is 20.3 Å². The quantitative estimate of drug-likeness (QED) is 0.261. The van der Waals surface area contributed by atoms with Crippen molar-refractivity contribution in [3.05, 3.63) is 29.3 Å². The van der Waals surface area contributed by atoms with Crippen molar-refractivity contribution in [3.8, 4) is 5.75 Å². The molecule has 4 rings (SSSR count). The number of nitrogens with zero attached hydrogens (tertiary/aromatic N) is 2. The molecule has 8 nitrogen and oxygen atoms in total. The van der Waals surface area contributed by atoms with Crippen LogP contribution in [0.3, 0.4) is 0 Å². The predicted octanol–water partition coefficient (Wildman–Crippen LogP) is 2.09. The third-order valence-electron chi connectivity index (χ3n) is 7.59. The van der Waals surface area contributed by atoms with Gasteiger partial charge in [0.15, 0.2) is 11.7 Å². The number of rotatable bonds is 6. The molecule has 3 aliphatic rings. The number of hydrogen-bond acceptors (Lipinski definition) is 6. The minimum atomic E-state index is -1.06. The van der Waals surface area contributed by atoms with E-state index in [2.05, 4.69) is 4.90 Å². The molecule has 1 aliphatic carbocycles. The zero-order valence-electron chi connectivity index (χ0n) is 19.5. The Labute approximate surface area is 196 Å². The Bertz CT molecular complexity index is 894. The van der Waals surface area contributed by atoms with E-state index >= 15 is 0 Å². The molecular formula is C24H35BN4O4. The summed E-state index contributed by atoms with van der Waals surface area (Å²) in [4.78, 5) is 29.1. The van der Waals surface area contributed by atoms with Crippen LogP contribution in [0, 0.1) is 11.3 Å². The van der Waals surface area contributed by atoms with Crippen LogP contribution in [0.2, 0.25) is 5.82 Å². The minimum Gasteiger partial charge on any atom is -0.535 e. The first-order valence-corrected chi connectivity index (χ1v) is 12.1. The molecule has 0 radical (unpaired) electrons. The standard InChI is InChI=1S/C24H35BN4O4/c1-16(30)22-4-2-3-18-14-19(25(32)33-23(18)22)15-21(31)13-17-5-7-20(8-6-17)28-9-11-29(12-10-28)24(26)27/h2-4,17,19-20,32H,5-15H2,1H3,(H3,26,27)/t17?,19-,20?/m1/s1. The van der Waals surface area contributed by atoms with Gasteiger partial charge >= 0.3 is 7.12 Å². The van der Waals surface area contributed by atoms with E-state index in [0.29, 0.717) is 42.5 Å². The van der Waals surface area contributed by atoms with Gasteiger partial charge in [-0.2, -0.15) is 0 Å². The molecular weight excluding hydrogens is 419 g/mol. The highest BCUT2D eigenvalue weighted by Gasteiger charge is 2.38. The van der Waals surface area contributed by atoms with Crippen LogP contribution >= 0.6 is 0 Å². The van der Waals surface area contributed by atoms with Gasteiger partial charge in [0.2, 0.25) is 0 Å². The van der Waals surface area contributed by atoms with Gasteiger partial charge in [-0.25, -0.2) is 0 Å². The second-order valence-corrected chi connectivity index (χ2v) is 9.85. The van der Waals surface area contributed by atoms with E-state index in [1.54, 1.807) is 6.07 Å². The summed E-state index contributed by atoms with van der Waals surface area (Å²) >= 11 is 0. The predicted molar refractivity (Wildman–Crippen MR) is 128 cm³/mol. The van der Waals surface area contributed by atoms with E-state index in [4.69, 9.17) is 15.8 Å². The third-order valence-corrected chi connectivity index (χ3v) is 7.59. The van der Waals surface area contributed by atoms with Crippen molar-refractivity contribution in [2.75, 3.05) is 26.2 Å². The topological polar surface area (TPSA) is 120 Å². The van der Waals surface area contributed by atoms with Crippen LogP contribution in [0.15, 0.2) is 18.2 Å². The highest BCUT2D eigenvalue weighted by molar-refractivity contribution is 6.47. The molecule has 2 heterocycles. The summed E-state index contributed by atoms with van der Waals surface area (Å²) in [5, 5.41) is 18.1.